The number of likely N-dealkylation sites (tertiary alicyclic amines) is 2. The van der Waals surface area contributed by atoms with E-state index in [0.29, 0.717) is 59.5 Å². The number of oxazole rings is 1. The summed E-state index contributed by atoms with van der Waals surface area (Å²) < 4.78 is 6.26. The minimum absolute atomic E-state index is 0.251. The molecule has 0 spiro atoms. The molecule has 51 heavy (non-hydrogen) atoms. The fourth-order valence-electron chi connectivity index (χ4n) is 7.55. The number of aromatic nitrogens is 3. The monoisotopic (exact) mass is 721 g/mol. The van der Waals surface area contributed by atoms with Gasteiger partial charge in [0.05, 0.1) is 33.3 Å². The molecule has 2 aliphatic rings. The Labute approximate surface area is 305 Å². The number of aliphatic carboxylic acids is 1. The first kappa shape index (κ1) is 33.7. The maximum atomic E-state index is 11.4. The predicted octanol–water partition coefficient (Wildman–Crippen LogP) is 7.78. The molecule has 5 heterocycles. The number of aliphatic hydroxyl groups excluding tert-OH is 1. The van der Waals surface area contributed by atoms with Crippen LogP contribution < -0.4 is 0 Å². The van der Waals surface area contributed by atoms with E-state index in [2.05, 4.69) is 21.9 Å². The molecular weight excluding hydrogens is 685 g/mol. The summed E-state index contributed by atoms with van der Waals surface area (Å²) in [5, 5.41) is 21.5. The Balaban J connectivity index is 1.05. The van der Waals surface area contributed by atoms with E-state index in [1.54, 1.807) is 0 Å². The van der Waals surface area contributed by atoms with Crippen molar-refractivity contribution in [2.75, 3.05) is 26.2 Å². The highest BCUT2D eigenvalue weighted by Crippen LogP contribution is 2.39. The molecule has 11 heteroatoms. The zero-order valence-corrected chi connectivity index (χ0v) is 29.7. The van der Waals surface area contributed by atoms with Crippen molar-refractivity contribution in [3.63, 3.8) is 0 Å². The van der Waals surface area contributed by atoms with Crippen molar-refractivity contribution in [2.45, 2.75) is 45.4 Å². The van der Waals surface area contributed by atoms with Crippen LogP contribution in [-0.2, 0) is 24.3 Å². The summed E-state index contributed by atoms with van der Waals surface area (Å²) in [7, 11) is 0. The number of hydrogen-bond acceptors (Lipinski definition) is 8. The smallest absolute Gasteiger partial charge is 0.307 e. The summed E-state index contributed by atoms with van der Waals surface area (Å²) >= 11 is 13.9. The maximum absolute atomic E-state index is 11.4. The SMILES string of the molecule is Cc1c(-c2nc3cc(CN4CC[C@H](C(=O)O)C4)cc(Cl)c3o2)cccc1-c1cccc(Cc2nccc3cc(CN4CC[C@@H](O)C4)cnc23)c1Cl. The van der Waals surface area contributed by atoms with Crippen LogP contribution in [0.3, 0.4) is 0 Å². The molecule has 9 nitrogen and oxygen atoms in total. The average Bonchev–Trinajstić information content (AvgIpc) is 3.86. The molecule has 2 fully saturated rings. The fraction of sp³-hybridized carbons (Fsp3) is 0.300. The van der Waals surface area contributed by atoms with E-state index < -0.39 is 5.97 Å². The first-order valence-electron chi connectivity index (χ1n) is 17.2. The van der Waals surface area contributed by atoms with Gasteiger partial charge in [-0.05, 0) is 84.5 Å². The predicted molar refractivity (Wildman–Crippen MR) is 199 cm³/mol. The maximum Gasteiger partial charge on any atom is 0.307 e. The van der Waals surface area contributed by atoms with Gasteiger partial charge in [0.25, 0.3) is 0 Å². The van der Waals surface area contributed by atoms with Crippen LogP contribution in [-0.4, -0.2) is 73.2 Å². The van der Waals surface area contributed by atoms with E-state index in [0.717, 1.165) is 81.6 Å². The number of aliphatic hydroxyl groups is 1. The third-order valence-corrected chi connectivity index (χ3v) is 10.9. The summed E-state index contributed by atoms with van der Waals surface area (Å²) in [4.78, 5) is 30.2. The third kappa shape index (κ3) is 6.84. The topological polar surface area (TPSA) is 116 Å². The zero-order chi connectivity index (χ0) is 35.2. The van der Waals surface area contributed by atoms with E-state index in [9.17, 15) is 15.0 Å². The van der Waals surface area contributed by atoms with Crippen molar-refractivity contribution >= 4 is 51.2 Å². The van der Waals surface area contributed by atoms with Crippen LogP contribution in [0.2, 0.25) is 10.0 Å². The second-order valence-electron chi connectivity index (χ2n) is 13.8. The number of fused-ring (bicyclic) bond motifs is 2. The van der Waals surface area contributed by atoms with Gasteiger partial charge in [0.2, 0.25) is 5.89 Å². The van der Waals surface area contributed by atoms with E-state index in [-0.39, 0.29) is 12.0 Å². The number of nitrogens with zero attached hydrogens (tertiary/aromatic N) is 5. The van der Waals surface area contributed by atoms with Gasteiger partial charge in [0.1, 0.15) is 5.52 Å². The molecular formula is C40H37Cl2N5O4. The van der Waals surface area contributed by atoms with Gasteiger partial charge in [-0.2, -0.15) is 0 Å². The number of carboxylic acids is 1. The summed E-state index contributed by atoms with van der Waals surface area (Å²) in [6, 6.07) is 20.1. The summed E-state index contributed by atoms with van der Waals surface area (Å²) in [6.45, 7) is 6.23. The molecule has 0 unspecified atom stereocenters. The van der Waals surface area contributed by atoms with Gasteiger partial charge in [-0.25, -0.2) is 4.98 Å². The third-order valence-electron chi connectivity index (χ3n) is 10.2. The van der Waals surface area contributed by atoms with Gasteiger partial charge in [-0.15, -0.1) is 0 Å². The van der Waals surface area contributed by atoms with Crippen LogP contribution in [0.5, 0.6) is 0 Å². The van der Waals surface area contributed by atoms with Gasteiger partial charge in [-0.1, -0.05) is 53.5 Å². The largest absolute Gasteiger partial charge is 0.481 e. The number of β-amino-alcohol motifs (C(OH)–C–C–N with tert-alkyl or cyclic N) is 1. The van der Waals surface area contributed by atoms with E-state index in [1.807, 2.05) is 67.8 Å². The van der Waals surface area contributed by atoms with Crippen LogP contribution in [0.15, 0.2) is 77.5 Å². The molecule has 260 valence electrons. The number of halogens is 2. The Hall–Kier alpha value is -4.38. The molecule has 3 aromatic heterocycles. The van der Waals surface area contributed by atoms with E-state index in [4.69, 9.17) is 42.6 Å². The molecule has 0 saturated carbocycles. The lowest BCUT2D eigenvalue weighted by Crippen LogP contribution is -2.22. The van der Waals surface area contributed by atoms with Crippen molar-refractivity contribution in [2.24, 2.45) is 5.92 Å². The molecule has 6 aromatic rings. The van der Waals surface area contributed by atoms with Crippen molar-refractivity contribution in [1.29, 1.82) is 0 Å². The number of carbonyl (C=O) groups is 1. The number of benzene rings is 3. The molecule has 2 aliphatic heterocycles. The Bertz CT molecular complexity index is 2290. The summed E-state index contributed by atoms with van der Waals surface area (Å²) in [5.41, 5.74) is 9.59. The normalized spacial score (nSPS) is 18.4. The number of rotatable bonds is 9. The number of pyridine rings is 2. The highest BCUT2D eigenvalue weighted by Gasteiger charge is 2.28. The first-order chi connectivity index (χ1) is 24.7. The van der Waals surface area contributed by atoms with Crippen molar-refractivity contribution in [3.8, 4) is 22.6 Å². The molecule has 0 bridgehead atoms. The average molecular weight is 723 g/mol. The van der Waals surface area contributed by atoms with Crippen LogP contribution in [0.1, 0.15) is 40.8 Å². The molecule has 3 aromatic carbocycles. The summed E-state index contributed by atoms with van der Waals surface area (Å²) in [5.74, 6) is -0.619. The quantitative estimate of drug-likeness (QED) is 0.154. The molecule has 2 atom stereocenters. The minimum atomic E-state index is -0.748. The molecule has 0 amide bonds. The lowest BCUT2D eigenvalue weighted by atomic mass is 9.94. The standard InChI is InChI=1S/C40H37Cl2N5O4/c1-23-30(5-3-6-31(23)39-45-35-16-24(15-33(41)38(35)51-39)19-46-12-9-28(21-46)40(49)50)32-7-2-4-26(36(32)42)17-34-37-27(8-11-43-34)14-25(18-44-37)20-47-13-10-29(48)22-47/h2-8,11,14-16,18,28-29,48H,9-10,12-13,17,19-22H2,1H3,(H,49,50)/t28-,29+/m0/s1. The Morgan fingerprint density at radius 1 is 0.922 bits per heavy atom. The number of carboxylic acid groups (broad SMARTS) is 1. The van der Waals surface area contributed by atoms with Gasteiger partial charge >= 0.3 is 5.97 Å². The van der Waals surface area contributed by atoms with Crippen LogP contribution in [0.25, 0.3) is 44.6 Å². The zero-order valence-electron chi connectivity index (χ0n) is 28.1. The molecule has 2 saturated heterocycles. The van der Waals surface area contributed by atoms with E-state index in [1.165, 1.54) is 0 Å². The van der Waals surface area contributed by atoms with Gasteiger partial charge in [0, 0.05) is 68.1 Å². The Kier molecular flexibility index (Phi) is 9.25. The number of hydrogen-bond donors (Lipinski definition) is 2. The Morgan fingerprint density at radius 2 is 1.69 bits per heavy atom. The molecule has 0 radical (unpaired) electrons. The van der Waals surface area contributed by atoms with Gasteiger partial charge in [0.15, 0.2) is 5.58 Å². The molecule has 0 aliphatic carbocycles. The lowest BCUT2D eigenvalue weighted by molar-refractivity contribution is -0.141. The lowest BCUT2D eigenvalue weighted by Gasteiger charge is -2.16. The van der Waals surface area contributed by atoms with E-state index >= 15 is 0 Å². The highest BCUT2D eigenvalue weighted by molar-refractivity contribution is 6.35. The minimum Gasteiger partial charge on any atom is -0.481 e. The highest BCUT2D eigenvalue weighted by atomic mass is 35.5. The molecule has 2 N–H and O–H groups in total. The van der Waals surface area contributed by atoms with Crippen LogP contribution in [0.4, 0.5) is 0 Å². The first-order valence-corrected chi connectivity index (χ1v) is 18.0. The second kappa shape index (κ2) is 14.0. The summed E-state index contributed by atoms with van der Waals surface area (Å²) in [6.07, 6.45) is 5.46. The van der Waals surface area contributed by atoms with Crippen LogP contribution in [0, 0.1) is 12.8 Å². The van der Waals surface area contributed by atoms with Crippen LogP contribution >= 0.6 is 23.2 Å². The van der Waals surface area contributed by atoms with Crippen molar-refractivity contribution < 1.29 is 19.4 Å². The van der Waals surface area contributed by atoms with Gasteiger partial charge < -0.3 is 14.6 Å². The second-order valence-corrected chi connectivity index (χ2v) is 14.6. The van der Waals surface area contributed by atoms with Crippen molar-refractivity contribution in [3.05, 3.63) is 111 Å². The molecule has 8 rings (SSSR count). The fourth-order valence-corrected chi connectivity index (χ4v) is 8.12. The van der Waals surface area contributed by atoms with Gasteiger partial charge in [-0.3, -0.25) is 24.6 Å². The van der Waals surface area contributed by atoms with Crippen molar-refractivity contribution in [1.82, 2.24) is 24.8 Å². The Morgan fingerprint density at radius 3 is 2.49 bits per heavy atom.